The number of unbranched alkanes of at least 4 members (excludes halogenated alkanes) is 1. The van der Waals surface area contributed by atoms with Gasteiger partial charge in [0.25, 0.3) is 0 Å². The second-order valence-corrected chi connectivity index (χ2v) is 4.43. The van der Waals surface area contributed by atoms with Crippen LogP contribution in [0.3, 0.4) is 0 Å². The van der Waals surface area contributed by atoms with Gasteiger partial charge in [-0.3, -0.25) is 0 Å². The summed E-state index contributed by atoms with van der Waals surface area (Å²) in [5, 5.41) is 0. The molecule has 0 aliphatic heterocycles. The van der Waals surface area contributed by atoms with Crippen molar-refractivity contribution in [2.45, 2.75) is 38.0 Å². The average Bonchev–Trinajstić information content (AvgIpc) is 2.88. The SMILES string of the molecule is O=CCCCc1scnc1C1CC1. The molecule has 1 saturated carbocycles. The third-order valence-corrected chi connectivity index (χ3v) is 3.27. The predicted octanol–water partition coefficient (Wildman–Crippen LogP) is 2.54. The molecule has 1 fully saturated rings. The number of aryl methyl sites for hydroxylation is 1. The molecule has 0 unspecified atom stereocenters. The van der Waals surface area contributed by atoms with Gasteiger partial charge in [0.2, 0.25) is 0 Å². The highest BCUT2D eigenvalue weighted by Crippen LogP contribution is 2.42. The molecule has 1 aliphatic carbocycles. The van der Waals surface area contributed by atoms with Crippen LogP contribution in [0, 0.1) is 0 Å². The van der Waals surface area contributed by atoms with Crippen LogP contribution in [0.1, 0.15) is 42.2 Å². The van der Waals surface area contributed by atoms with Crippen molar-refractivity contribution < 1.29 is 4.79 Å². The topological polar surface area (TPSA) is 30.0 Å². The van der Waals surface area contributed by atoms with E-state index in [0.717, 1.165) is 25.0 Å². The van der Waals surface area contributed by atoms with E-state index in [2.05, 4.69) is 4.98 Å². The van der Waals surface area contributed by atoms with Crippen LogP contribution in [-0.2, 0) is 11.2 Å². The summed E-state index contributed by atoms with van der Waals surface area (Å²) in [6.45, 7) is 0. The second-order valence-electron chi connectivity index (χ2n) is 3.49. The highest BCUT2D eigenvalue weighted by Gasteiger charge is 2.27. The monoisotopic (exact) mass is 195 g/mol. The Bertz CT molecular complexity index is 291. The van der Waals surface area contributed by atoms with Gasteiger partial charge in [0.15, 0.2) is 0 Å². The van der Waals surface area contributed by atoms with Gasteiger partial charge in [-0.25, -0.2) is 4.98 Å². The van der Waals surface area contributed by atoms with Crippen molar-refractivity contribution in [3.63, 3.8) is 0 Å². The van der Waals surface area contributed by atoms with E-state index in [-0.39, 0.29) is 0 Å². The lowest BCUT2D eigenvalue weighted by atomic mass is 10.1. The fourth-order valence-electron chi connectivity index (χ4n) is 1.50. The average molecular weight is 195 g/mol. The molecule has 0 atom stereocenters. The first-order valence-electron chi connectivity index (χ1n) is 4.77. The fourth-order valence-corrected chi connectivity index (χ4v) is 2.40. The Hall–Kier alpha value is -0.700. The van der Waals surface area contributed by atoms with Gasteiger partial charge >= 0.3 is 0 Å². The molecule has 2 rings (SSSR count). The maximum absolute atomic E-state index is 10.2. The second kappa shape index (κ2) is 4.01. The molecule has 1 heterocycles. The molecule has 2 nitrogen and oxygen atoms in total. The first kappa shape index (κ1) is 8.88. The van der Waals surface area contributed by atoms with Gasteiger partial charge in [0.1, 0.15) is 6.29 Å². The fraction of sp³-hybridized carbons (Fsp3) is 0.600. The zero-order valence-corrected chi connectivity index (χ0v) is 8.35. The molecular formula is C10H13NOS. The van der Waals surface area contributed by atoms with E-state index in [1.807, 2.05) is 5.51 Å². The Morgan fingerprint density at radius 2 is 2.46 bits per heavy atom. The Kier molecular flexibility index (Phi) is 2.74. The summed E-state index contributed by atoms with van der Waals surface area (Å²) in [4.78, 5) is 15.9. The van der Waals surface area contributed by atoms with Crippen LogP contribution in [0.5, 0.6) is 0 Å². The third-order valence-electron chi connectivity index (χ3n) is 2.36. The maximum atomic E-state index is 10.2. The van der Waals surface area contributed by atoms with E-state index >= 15 is 0 Å². The normalized spacial score (nSPS) is 16.0. The predicted molar refractivity (Wildman–Crippen MR) is 53.1 cm³/mol. The number of nitrogens with zero attached hydrogens (tertiary/aromatic N) is 1. The highest BCUT2D eigenvalue weighted by atomic mass is 32.1. The Balaban J connectivity index is 1.94. The van der Waals surface area contributed by atoms with Crippen molar-refractivity contribution >= 4 is 17.6 Å². The summed E-state index contributed by atoms with van der Waals surface area (Å²) in [7, 11) is 0. The zero-order chi connectivity index (χ0) is 9.10. The number of hydrogen-bond donors (Lipinski definition) is 0. The number of carbonyl (C=O) groups is 1. The molecule has 3 heteroatoms. The van der Waals surface area contributed by atoms with Crippen LogP contribution >= 0.6 is 11.3 Å². The standard InChI is InChI=1S/C10H13NOS/c12-6-2-1-3-9-10(8-4-5-8)11-7-13-9/h6-8H,1-5H2. The first-order chi connectivity index (χ1) is 6.42. The molecule has 0 amide bonds. The Morgan fingerprint density at radius 1 is 1.62 bits per heavy atom. The molecule has 0 spiro atoms. The summed E-state index contributed by atoms with van der Waals surface area (Å²) >= 11 is 1.74. The van der Waals surface area contributed by atoms with Crippen LogP contribution in [0.15, 0.2) is 5.51 Å². The molecule has 0 aromatic carbocycles. The van der Waals surface area contributed by atoms with Crippen molar-refractivity contribution in [1.29, 1.82) is 0 Å². The Morgan fingerprint density at radius 3 is 3.15 bits per heavy atom. The number of thiazole rings is 1. The molecule has 70 valence electrons. The van der Waals surface area contributed by atoms with Gasteiger partial charge in [-0.05, 0) is 25.7 Å². The summed E-state index contributed by atoms with van der Waals surface area (Å²) < 4.78 is 0. The van der Waals surface area contributed by atoms with Gasteiger partial charge < -0.3 is 4.79 Å². The molecule has 0 saturated heterocycles. The molecule has 1 aromatic heterocycles. The zero-order valence-electron chi connectivity index (χ0n) is 7.53. The minimum atomic E-state index is 0.683. The number of hydrogen-bond acceptors (Lipinski definition) is 3. The maximum Gasteiger partial charge on any atom is 0.120 e. The van der Waals surface area contributed by atoms with Crippen LogP contribution < -0.4 is 0 Å². The molecule has 0 N–H and O–H groups in total. The highest BCUT2D eigenvalue weighted by molar-refractivity contribution is 7.09. The summed E-state index contributed by atoms with van der Waals surface area (Å²) in [6.07, 6.45) is 6.31. The van der Waals surface area contributed by atoms with Crippen LogP contribution in [0.4, 0.5) is 0 Å². The molecule has 0 bridgehead atoms. The van der Waals surface area contributed by atoms with Gasteiger partial charge in [0.05, 0.1) is 11.2 Å². The third kappa shape index (κ3) is 2.15. The molecule has 13 heavy (non-hydrogen) atoms. The number of rotatable bonds is 5. The Labute approximate surface area is 82.0 Å². The van der Waals surface area contributed by atoms with Crippen molar-refractivity contribution in [3.8, 4) is 0 Å². The van der Waals surface area contributed by atoms with Crippen LogP contribution in [-0.4, -0.2) is 11.3 Å². The lowest BCUT2D eigenvalue weighted by Gasteiger charge is -1.97. The minimum Gasteiger partial charge on any atom is -0.303 e. The summed E-state index contributed by atoms with van der Waals surface area (Å²) in [5.41, 5.74) is 3.25. The summed E-state index contributed by atoms with van der Waals surface area (Å²) in [5.74, 6) is 0.748. The number of carbonyl (C=O) groups excluding carboxylic acids is 1. The van der Waals surface area contributed by atoms with Crippen molar-refractivity contribution in [2.24, 2.45) is 0 Å². The number of aromatic nitrogens is 1. The van der Waals surface area contributed by atoms with E-state index in [0.29, 0.717) is 6.42 Å². The smallest absolute Gasteiger partial charge is 0.120 e. The van der Waals surface area contributed by atoms with Gasteiger partial charge in [0, 0.05) is 17.2 Å². The molecule has 1 aliphatic rings. The van der Waals surface area contributed by atoms with Crippen LogP contribution in [0.25, 0.3) is 0 Å². The number of aldehydes is 1. The van der Waals surface area contributed by atoms with Gasteiger partial charge in [-0.2, -0.15) is 0 Å². The molecular weight excluding hydrogens is 182 g/mol. The molecule has 0 radical (unpaired) electrons. The van der Waals surface area contributed by atoms with E-state index in [9.17, 15) is 4.79 Å². The lowest BCUT2D eigenvalue weighted by molar-refractivity contribution is -0.107. The van der Waals surface area contributed by atoms with Crippen molar-refractivity contribution in [3.05, 3.63) is 16.1 Å². The largest absolute Gasteiger partial charge is 0.303 e. The van der Waals surface area contributed by atoms with E-state index in [1.54, 1.807) is 11.3 Å². The summed E-state index contributed by atoms with van der Waals surface area (Å²) in [6, 6.07) is 0. The van der Waals surface area contributed by atoms with E-state index in [1.165, 1.54) is 23.4 Å². The van der Waals surface area contributed by atoms with Crippen molar-refractivity contribution in [1.82, 2.24) is 4.98 Å². The van der Waals surface area contributed by atoms with Crippen LogP contribution in [0.2, 0.25) is 0 Å². The first-order valence-corrected chi connectivity index (χ1v) is 5.65. The minimum absolute atomic E-state index is 0.683. The lowest BCUT2D eigenvalue weighted by Crippen LogP contribution is -1.89. The van der Waals surface area contributed by atoms with E-state index < -0.39 is 0 Å². The quantitative estimate of drug-likeness (QED) is 0.534. The van der Waals surface area contributed by atoms with E-state index in [4.69, 9.17) is 0 Å². The molecule has 1 aromatic rings. The van der Waals surface area contributed by atoms with Gasteiger partial charge in [-0.1, -0.05) is 0 Å². The van der Waals surface area contributed by atoms with Crippen molar-refractivity contribution in [2.75, 3.05) is 0 Å². The van der Waals surface area contributed by atoms with Gasteiger partial charge in [-0.15, -0.1) is 11.3 Å².